The van der Waals surface area contributed by atoms with E-state index in [9.17, 15) is 9.59 Å². The largest absolute Gasteiger partial charge is 0.465 e. The third kappa shape index (κ3) is 3.22. The Bertz CT molecular complexity index is 234. The lowest BCUT2D eigenvalue weighted by atomic mass is 9.72. The van der Waals surface area contributed by atoms with Crippen LogP contribution in [0.2, 0.25) is 0 Å². The molecule has 1 atom stereocenters. The summed E-state index contributed by atoms with van der Waals surface area (Å²) in [5.41, 5.74) is 4.86. The summed E-state index contributed by atoms with van der Waals surface area (Å²) >= 11 is 0. The van der Waals surface area contributed by atoms with Gasteiger partial charge in [0.1, 0.15) is 5.92 Å². The van der Waals surface area contributed by atoms with Crippen LogP contribution in [0, 0.1) is 11.3 Å². The molecule has 0 radical (unpaired) electrons. The van der Waals surface area contributed by atoms with Gasteiger partial charge in [0.25, 0.3) is 0 Å². The zero-order valence-electron chi connectivity index (χ0n) is 10.0. The van der Waals surface area contributed by atoms with E-state index < -0.39 is 23.2 Å². The third-order valence-corrected chi connectivity index (χ3v) is 3.12. The molecular formula is C11H21NO3. The summed E-state index contributed by atoms with van der Waals surface area (Å²) in [5.74, 6) is -1.94. The van der Waals surface area contributed by atoms with E-state index in [0.717, 1.165) is 12.8 Å². The SMILES string of the molecule is CCOC(=O)C(C(N)=O)C(C)(CC)CC. The van der Waals surface area contributed by atoms with Gasteiger partial charge in [-0.05, 0) is 25.2 Å². The van der Waals surface area contributed by atoms with E-state index in [2.05, 4.69) is 0 Å². The van der Waals surface area contributed by atoms with Gasteiger partial charge in [0, 0.05) is 0 Å². The van der Waals surface area contributed by atoms with Crippen molar-refractivity contribution in [2.45, 2.75) is 40.5 Å². The first kappa shape index (κ1) is 13.9. The smallest absolute Gasteiger partial charge is 0.319 e. The average molecular weight is 215 g/mol. The Morgan fingerprint density at radius 1 is 1.27 bits per heavy atom. The van der Waals surface area contributed by atoms with Gasteiger partial charge >= 0.3 is 5.97 Å². The molecule has 0 saturated heterocycles. The molecule has 15 heavy (non-hydrogen) atoms. The fourth-order valence-electron chi connectivity index (χ4n) is 1.63. The van der Waals surface area contributed by atoms with Crippen LogP contribution in [0.25, 0.3) is 0 Å². The molecule has 0 fully saturated rings. The molecule has 2 N–H and O–H groups in total. The van der Waals surface area contributed by atoms with Crippen LogP contribution in [0.5, 0.6) is 0 Å². The van der Waals surface area contributed by atoms with Crippen molar-refractivity contribution < 1.29 is 14.3 Å². The highest BCUT2D eigenvalue weighted by molar-refractivity contribution is 5.97. The second-order valence-corrected chi connectivity index (χ2v) is 3.95. The van der Waals surface area contributed by atoms with Crippen molar-refractivity contribution >= 4 is 11.9 Å². The van der Waals surface area contributed by atoms with E-state index in [1.807, 2.05) is 20.8 Å². The lowest BCUT2D eigenvalue weighted by Crippen LogP contribution is -2.43. The maximum atomic E-state index is 11.6. The molecule has 0 aliphatic carbocycles. The number of esters is 1. The van der Waals surface area contributed by atoms with Crippen molar-refractivity contribution in [2.24, 2.45) is 17.1 Å². The molecule has 0 heterocycles. The molecule has 0 aromatic heterocycles. The van der Waals surface area contributed by atoms with Crippen LogP contribution >= 0.6 is 0 Å². The number of ether oxygens (including phenoxy) is 1. The maximum absolute atomic E-state index is 11.6. The Balaban J connectivity index is 4.95. The van der Waals surface area contributed by atoms with E-state index in [1.165, 1.54) is 0 Å². The highest BCUT2D eigenvalue weighted by atomic mass is 16.5. The van der Waals surface area contributed by atoms with Crippen molar-refractivity contribution in [1.29, 1.82) is 0 Å². The van der Waals surface area contributed by atoms with Crippen LogP contribution in [0.15, 0.2) is 0 Å². The average Bonchev–Trinajstić information content (AvgIpc) is 2.17. The zero-order valence-corrected chi connectivity index (χ0v) is 10.0. The first-order valence-corrected chi connectivity index (χ1v) is 5.38. The standard InChI is InChI=1S/C11H21NO3/c1-5-11(4,6-2)8(9(12)13)10(14)15-7-3/h8H,5-7H2,1-4H3,(H2,12,13). The van der Waals surface area contributed by atoms with Gasteiger partial charge in [-0.25, -0.2) is 0 Å². The van der Waals surface area contributed by atoms with Crippen molar-refractivity contribution in [3.8, 4) is 0 Å². The second-order valence-electron chi connectivity index (χ2n) is 3.95. The van der Waals surface area contributed by atoms with Crippen LogP contribution in [0.1, 0.15) is 40.5 Å². The molecular weight excluding hydrogens is 194 g/mol. The van der Waals surface area contributed by atoms with Crippen molar-refractivity contribution in [3.05, 3.63) is 0 Å². The van der Waals surface area contributed by atoms with E-state index in [4.69, 9.17) is 10.5 Å². The summed E-state index contributed by atoms with van der Waals surface area (Å²) < 4.78 is 4.88. The van der Waals surface area contributed by atoms with Gasteiger partial charge in [0.05, 0.1) is 6.61 Å². The van der Waals surface area contributed by atoms with Crippen molar-refractivity contribution in [1.82, 2.24) is 0 Å². The molecule has 0 rings (SSSR count). The molecule has 88 valence electrons. The van der Waals surface area contributed by atoms with Gasteiger partial charge in [0.15, 0.2) is 0 Å². The van der Waals surface area contributed by atoms with Crippen LogP contribution in [0.3, 0.4) is 0 Å². The molecule has 0 aromatic rings. The van der Waals surface area contributed by atoms with Gasteiger partial charge in [-0.2, -0.15) is 0 Å². The highest BCUT2D eigenvalue weighted by Crippen LogP contribution is 2.35. The van der Waals surface area contributed by atoms with E-state index >= 15 is 0 Å². The Kier molecular flexibility index (Phi) is 5.33. The Labute approximate surface area is 91.2 Å². The number of primary amides is 1. The fourth-order valence-corrected chi connectivity index (χ4v) is 1.63. The molecule has 4 heteroatoms. The molecule has 0 aliphatic rings. The van der Waals surface area contributed by atoms with Gasteiger partial charge < -0.3 is 10.5 Å². The normalized spacial score (nSPS) is 13.3. The summed E-state index contributed by atoms with van der Waals surface area (Å²) in [6, 6.07) is 0. The topological polar surface area (TPSA) is 69.4 Å². The zero-order chi connectivity index (χ0) is 12.1. The summed E-state index contributed by atoms with van der Waals surface area (Å²) in [6.07, 6.45) is 1.44. The molecule has 0 aromatic carbocycles. The lowest BCUT2D eigenvalue weighted by Gasteiger charge is -2.32. The quantitative estimate of drug-likeness (QED) is 0.539. The van der Waals surface area contributed by atoms with Crippen LogP contribution in [-0.2, 0) is 14.3 Å². The third-order valence-electron chi connectivity index (χ3n) is 3.12. The Morgan fingerprint density at radius 2 is 1.73 bits per heavy atom. The van der Waals surface area contributed by atoms with Crippen LogP contribution < -0.4 is 5.73 Å². The summed E-state index contributed by atoms with van der Waals surface area (Å²) in [4.78, 5) is 22.9. The van der Waals surface area contributed by atoms with Gasteiger partial charge in [-0.3, -0.25) is 9.59 Å². The number of nitrogens with two attached hydrogens (primary N) is 1. The molecule has 1 amide bonds. The number of rotatable bonds is 6. The number of hydrogen-bond donors (Lipinski definition) is 1. The van der Waals surface area contributed by atoms with Gasteiger partial charge in [-0.15, -0.1) is 0 Å². The van der Waals surface area contributed by atoms with Gasteiger partial charge in [0.2, 0.25) is 5.91 Å². The Morgan fingerprint density at radius 3 is 2.00 bits per heavy atom. The second kappa shape index (κ2) is 5.73. The number of hydrogen-bond acceptors (Lipinski definition) is 3. The first-order chi connectivity index (χ1) is 6.92. The van der Waals surface area contributed by atoms with Gasteiger partial charge in [-0.1, -0.05) is 20.8 Å². The molecule has 0 aliphatic heterocycles. The Hall–Kier alpha value is -1.06. The number of carbonyl (C=O) groups excluding carboxylic acids is 2. The van der Waals surface area contributed by atoms with E-state index in [-0.39, 0.29) is 6.61 Å². The summed E-state index contributed by atoms with van der Waals surface area (Å²) in [6.45, 7) is 7.76. The predicted molar refractivity (Wildman–Crippen MR) is 58.0 cm³/mol. The number of carbonyl (C=O) groups is 2. The molecule has 0 bridgehead atoms. The maximum Gasteiger partial charge on any atom is 0.319 e. The molecule has 0 saturated carbocycles. The minimum atomic E-state index is -0.840. The summed E-state index contributed by atoms with van der Waals surface area (Å²) in [5, 5.41) is 0. The van der Waals surface area contributed by atoms with E-state index in [0.29, 0.717) is 0 Å². The molecule has 0 spiro atoms. The van der Waals surface area contributed by atoms with E-state index in [1.54, 1.807) is 6.92 Å². The molecule has 1 unspecified atom stereocenters. The minimum absolute atomic E-state index is 0.270. The van der Waals surface area contributed by atoms with Crippen LogP contribution in [0.4, 0.5) is 0 Å². The number of amides is 1. The lowest BCUT2D eigenvalue weighted by molar-refractivity contribution is -0.157. The monoisotopic (exact) mass is 215 g/mol. The minimum Gasteiger partial charge on any atom is -0.465 e. The molecule has 4 nitrogen and oxygen atoms in total. The van der Waals surface area contributed by atoms with Crippen LogP contribution in [-0.4, -0.2) is 18.5 Å². The van der Waals surface area contributed by atoms with Crippen molar-refractivity contribution in [3.63, 3.8) is 0 Å². The first-order valence-electron chi connectivity index (χ1n) is 5.38. The van der Waals surface area contributed by atoms with Crippen molar-refractivity contribution in [2.75, 3.05) is 6.61 Å². The fraction of sp³-hybridized carbons (Fsp3) is 0.818. The predicted octanol–water partition coefficient (Wildman–Crippen LogP) is 1.48. The summed E-state index contributed by atoms with van der Waals surface area (Å²) in [7, 11) is 0. The highest BCUT2D eigenvalue weighted by Gasteiger charge is 2.41.